The lowest BCUT2D eigenvalue weighted by atomic mass is 8.56. The van der Waals surface area contributed by atoms with Gasteiger partial charge in [0.05, 0.1) is 6.42 Å². The van der Waals surface area contributed by atoms with Gasteiger partial charge in [-0.25, -0.2) is 0 Å². The number of rotatable bonds is 5. The number of carbonyl (C=O) groups is 1. The van der Waals surface area contributed by atoms with Crippen molar-refractivity contribution >= 4 is 107 Å². The zero-order valence-corrected chi connectivity index (χ0v) is 16.2. The van der Waals surface area contributed by atoms with Crippen LogP contribution in [0.1, 0.15) is 19.4 Å². The maximum atomic E-state index is 11.7. The van der Waals surface area contributed by atoms with E-state index in [9.17, 15) is 4.79 Å². The lowest BCUT2D eigenvalue weighted by Crippen LogP contribution is -2.63. The first kappa shape index (κ1) is 22.9. The Morgan fingerprint density at radius 1 is 1.16 bits per heavy atom. The lowest BCUT2D eigenvalue weighted by Gasteiger charge is -2.25. The highest BCUT2D eigenvalue weighted by Crippen LogP contribution is 2.35. The molecule has 0 N–H and O–H groups in total. The van der Waals surface area contributed by atoms with E-state index in [4.69, 9.17) is 46.4 Å². The van der Waals surface area contributed by atoms with E-state index in [0.29, 0.717) is 6.42 Å². The van der Waals surface area contributed by atoms with Gasteiger partial charge in [-0.1, -0.05) is 22.0 Å². The van der Waals surface area contributed by atoms with Crippen molar-refractivity contribution in [3.63, 3.8) is 0 Å². The number of nitrogens with zero attached hydrogens (tertiary/aromatic N) is 1. The van der Waals surface area contributed by atoms with Gasteiger partial charge < -0.3 is 4.90 Å². The third kappa shape index (κ3) is 5.94. The number of hydrogen-bond acceptors (Lipinski definition) is 1. The first-order valence-electron chi connectivity index (χ1n) is 8.04. The van der Waals surface area contributed by atoms with Crippen LogP contribution in [0.5, 0.6) is 0 Å². The minimum absolute atomic E-state index is 0.196. The molecule has 0 spiro atoms. The van der Waals surface area contributed by atoms with Gasteiger partial charge >= 0.3 is 0 Å². The van der Waals surface area contributed by atoms with Crippen LogP contribution in [0.4, 0.5) is 5.69 Å². The van der Waals surface area contributed by atoms with Crippen molar-refractivity contribution in [1.82, 2.24) is 0 Å². The Hall–Kier alpha value is -0.116. The first-order valence-corrected chi connectivity index (χ1v) is 8.83. The van der Waals surface area contributed by atoms with E-state index in [-0.39, 0.29) is 18.3 Å². The molecule has 1 amide bonds. The fraction of sp³-hybridized carbons (Fsp3) is 0.364. The molecule has 0 atom stereocenters. The molecule has 107 valence electrons. The molecule has 0 bridgehead atoms. The zero-order chi connectivity index (χ0) is 19.3. The van der Waals surface area contributed by atoms with Crippen LogP contribution >= 0.6 is 15.9 Å². The van der Waals surface area contributed by atoms with Crippen LogP contribution < -0.4 is 4.90 Å². The Morgan fingerprint density at radius 3 is 2.12 bits per heavy atom. The number of anilines is 1. The summed E-state index contributed by atoms with van der Waals surface area (Å²) in [4.78, 5) is 13.6. The van der Waals surface area contributed by atoms with Gasteiger partial charge in [-0.05, 0) is 31.5 Å². The first-order chi connectivity index (χ1) is 11.6. The van der Waals surface area contributed by atoms with Crippen molar-refractivity contribution in [1.29, 1.82) is 0 Å². The second kappa shape index (κ2) is 10.3. The van der Waals surface area contributed by atoms with Crippen molar-refractivity contribution < 1.29 is 4.79 Å². The Labute approximate surface area is 170 Å². The van der Waals surface area contributed by atoms with Gasteiger partial charge in [-0.15, -0.1) is 0 Å². The van der Waals surface area contributed by atoms with E-state index in [1.165, 1.54) is 7.06 Å². The summed E-state index contributed by atoms with van der Waals surface area (Å²) in [6, 6.07) is 6.19. The van der Waals surface area contributed by atoms with Gasteiger partial charge in [-0.2, -0.15) is 0 Å². The van der Waals surface area contributed by atoms with Crippen molar-refractivity contribution in [2.75, 3.05) is 4.90 Å². The number of amides is 1. The van der Waals surface area contributed by atoms with Crippen LogP contribution in [-0.4, -0.2) is 91.0 Å². The molecule has 1 aliphatic rings. The van der Waals surface area contributed by atoms with E-state index < -0.39 is 19.2 Å². The maximum absolute atomic E-state index is 11.7. The maximum Gasteiger partial charge on any atom is 0.231 e. The molecular formula is C11H12B11BrNO. The SMILES string of the molecule is CC(C)N1C(=O)Cc2c(Br)cccc21.[B][B]B([B])B(B([B])[B])B([B])[B]. The summed E-state index contributed by atoms with van der Waals surface area (Å²) in [5.74, 6) is 0.196. The molecule has 0 fully saturated rings. The smallest absolute Gasteiger partial charge is 0.231 e. The van der Waals surface area contributed by atoms with Crippen LogP contribution in [0, 0.1) is 0 Å². The van der Waals surface area contributed by atoms with Crippen molar-refractivity contribution in [3.05, 3.63) is 28.2 Å². The number of benzene rings is 1. The predicted molar refractivity (Wildman–Crippen MR) is 124 cm³/mol. The second-order valence-corrected chi connectivity index (χ2v) is 7.13. The standard InChI is InChI=1S/C11H12BrNO.B11/c1-7(2)13-10-5-3-4-9(12)8(10)6-11(13)14;1-7-10(6)11(8(2)3)9(4)5/h3-5,7H,6H2,1-2H3;. The molecule has 0 saturated carbocycles. The molecule has 0 aliphatic carbocycles. The number of fused-ring (bicyclic) bond motifs is 1. The Bertz CT molecular complexity index is 579. The normalized spacial score (nSPS) is 12.2. The molecular weight excluding hydrogens is 361 g/mol. The summed E-state index contributed by atoms with van der Waals surface area (Å²) in [7, 11) is 33.5. The molecule has 13 radical (unpaired) electrons. The summed E-state index contributed by atoms with van der Waals surface area (Å²) >= 11 is 3.47. The second-order valence-electron chi connectivity index (χ2n) is 6.27. The minimum Gasteiger partial charge on any atom is -0.309 e. The van der Waals surface area contributed by atoms with Crippen LogP contribution in [-0.2, 0) is 11.2 Å². The van der Waals surface area contributed by atoms with Crippen LogP contribution in [0.15, 0.2) is 22.7 Å². The average molecular weight is 373 g/mol. The highest BCUT2D eigenvalue weighted by Gasteiger charge is 2.30. The number of hydrogen-bond donors (Lipinski definition) is 0. The van der Waals surface area contributed by atoms with Crippen molar-refractivity contribution in [2.24, 2.45) is 0 Å². The summed E-state index contributed by atoms with van der Waals surface area (Å²) in [5, 5.41) is 0. The van der Waals surface area contributed by atoms with Crippen LogP contribution in [0.25, 0.3) is 0 Å². The zero-order valence-electron chi connectivity index (χ0n) is 14.6. The summed E-state index contributed by atoms with van der Waals surface area (Å²) in [6.07, 6.45) is -1.63. The van der Waals surface area contributed by atoms with Gasteiger partial charge in [0.15, 0.2) is 0 Å². The van der Waals surface area contributed by atoms with Gasteiger partial charge in [0, 0.05) is 95.2 Å². The van der Waals surface area contributed by atoms with Crippen LogP contribution in [0.2, 0.25) is 0 Å². The van der Waals surface area contributed by atoms with Gasteiger partial charge in [-0.3, -0.25) is 4.79 Å². The molecule has 0 unspecified atom stereocenters. The molecule has 1 aliphatic heterocycles. The largest absolute Gasteiger partial charge is 0.309 e. The number of halogens is 1. The van der Waals surface area contributed by atoms with Gasteiger partial charge in [0.2, 0.25) is 5.91 Å². The molecule has 14 heteroatoms. The molecule has 1 aromatic carbocycles. The lowest BCUT2D eigenvalue weighted by molar-refractivity contribution is -0.117. The van der Waals surface area contributed by atoms with E-state index in [0.717, 1.165) is 15.7 Å². The molecule has 25 heavy (non-hydrogen) atoms. The van der Waals surface area contributed by atoms with E-state index in [2.05, 4.69) is 15.9 Å². The summed E-state index contributed by atoms with van der Waals surface area (Å²) in [6.45, 7) is 4.07. The quantitative estimate of drug-likeness (QED) is 0.580. The topological polar surface area (TPSA) is 20.3 Å². The van der Waals surface area contributed by atoms with Gasteiger partial charge in [0.1, 0.15) is 0 Å². The highest BCUT2D eigenvalue weighted by molar-refractivity contribution is 9.10. The summed E-state index contributed by atoms with van der Waals surface area (Å²) < 4.78 is 1.03. The third-order valence-corrected chi connectivity index (χ3v) is 4.77. The predicted octanol–water partition coefficient (Wildman–Crippen LogP) is -1.44. The Morgan fingerprint density at radius 2 is 1.72 bits per heavy atom. The van der Waals surface area contributed by atoms with Crippen LogP contribution in [0.3, 0.4) is 0 Å². The molecule has 2 rings (SSSR count). The number of carbonyl (C=O) groups excluding carboxylic acids is 1. The van der Waals surface area contributed by atoms with Crippen molar-refractivity contribution in [2.45, 2.75) is 26.3 Å². The molecule has 2 nitrogen and oxygen atoms in total. The molecule has 1 heterocycles. The fourth-order valence-electron chi connectivity index (χ4n) is 2.78. The van der Waals surface area contributed by atoms with Gasteiger partial charge in [0.25, 0.3) is 0 Å². The highest BCUT2D eigenvalue weighted by atomic mass is 79.9. The monoisotopic (exact) mass is 374 g/mol. The van der Waals surface area contributed by atoms with E-state index in [1.807, 2.05) is 36.9 Å². The summed E-state index contributed by atoms with van der Waals surface area (Å²) in [5.41, 5.74) is 2.17. The third-order valence-electron chi connectivity index (χ3n) is 4.02. The van der Waals surface area contributed by atoms with E-state index >= 15 is 0 Å². The minimum atomic E-state index is -0.648. The molecule has 0 aromatic heterocycles. The van der Waals surface area contributed by atoms with Crippen molar-refractivity contribution in [3.8, 4) is 0 Å². The molecule has 1 aromatic rings. The fourth-order valence-corrected chi connectivity index (χ4v) is 3.28. The van der Waals surface area contributed by atoms with E-state index in [1.54, 1.807) is 0 Å². The Kier molecular flexibility index (Phi) is 9.43. The Balaban J connectivity index is 0.000000260. The average Bonchev–Trinajstić information content (AvgIpc) is 2.84. The molecule has 0 saturated heterocycles.